The Morgan fingerprint density at radius 2 is 0.347 bits per heavy atom. The van der Waals surface area contributed by atoms with E-state index in [4.69, 9.17) is 0 Å². The van der Waals surface area contributed by atoms with E-state index in [0.717, 1.165) is 0 Å². The maximum absolute atomic E-state index is 2.46. The lowest BCUT2D eigenvalue weighted by molar-refractivity contribution is 1.70. The first-order valence-corrected chi connectivity index (χ1v) is 25.1. The van der Waals surface area contributed by atoms with Gasteiger partial charge in [0.15, 0.2) is 0 Å². The fraction of sp³-hybridized carbons (Fsp3) is 0. The summed E-state index contributed by atoms with van der Waals surface area (Å²) in [6.45, 7) is 0. The maximum Gasteiger partial charge on any atom is -0.00986 e. The molecule has 16 aromatic carbocycles. The third-order valence-electron chi connectivity index (χ3n) is 16.1. The highest BCUT2D eigenvalue weighted by Crippen LogP contribution is 2.44. The van der Waals surface area contributed by atoms with E-state index in [1.807, 2.05) is 0 Å². The highest BCUT2D eigenvalue weighted by atomic mass is 14.2. The van der Waals surface area contributed by atoms with Crippen molar-refractivity contribution >= 4 is 129 Å². The van der Waals surface area contributed by atoms with Gasteiger partial charge < -0.3 is 0 Å². The van der Waals surface area contributed by atoms with Crippen molar-refractivity contribution in [2.75, 3.05) is 0 Å². The Balaban J connectivity index is 0.866. The molecule has 0 saturated carbocycles. The minimum Gasteiger partial charge on any atom is -0.0616 e. The Morgan fingerprint density at radius 3 is 0.708 bits per heavy atom. The molecule has 0 nitrogen and oxygen atoms in total. The molecule has 0 fully saturated rings. The molecule has 0 aliphatic rings. The highest BCUT2D eigenvalue weighted by Gasteiger charge is 2.17. The van der Waals surface area contributed by atoms with Crippen LogP contribution in [0.2, 0.25) is 0 Å². The monoisotopic (exact) mass is 906 g/mol. The Labute approximate surface area is 415 Å². The average molecular weight is 907 g/mol. The number of fused-ring (bicyclic) bond motifs is 16. The van der Waals surface area contributed by atoms with Gasteiger partial charge in [-0.2, -0.15) is 0 Å². The van der Waals surface area contributed by atoms with E-state index >= 15 is 0 Å². The van der Waals surface area contributed by atoms with Crippen molar-refractivity contribution in [1.29, 1.82) is 0 Å². The van der Waals surface area contributed by atoms with Crippen LogP contribution in [0.4, 0.5) is 0 Å². The summed E-state index contributed by atoms with van der Waals surface area (Å²) in [5.74, 6) is 0. The second-order valence-electron chi connectivity index (χ2n) is 19.9. The molecule has 16 aromatic rings. The minimum absolute atomic E-state index is 1.24. The lowest BCUT2D eigenvalue weighted by atomic mass is 9.87. The first-order valence-electron chi connectivity index (χ1n) is 25.1. The maximum atomic E-state index is 2.46. The Bertz CT molecular complexity index is 5030. The molecule has 0 bridgehead atoms. The lowest BCUT2D eigenvalue weighted by Crippen LogP contribution is -1.89. The summed E-state index contributed by atoms with van der Waals surface area (Å²) in [5, 5.41) is 30.4. The molecule has 0 aromatic heterocycles. The van der Waals surface area contributed by atoms with Gasteiger partial charge in [-0.15, -0.1) is 0 Å². The summed E-state index contributed by atoms with van der Waals surface area (Å²) in [4.78, 5) is 0. The third-order valence-corrected chi connectivity index (χ3v) is 16.1. The molecule has 330 valence electrons. The van der Waals surface area contributed by atoms with Gasteiger partial charge in [0.1, 0.15) is 0 Å². The third kappa shape index (κ3) is 5.81. The zero-order valence-electron chi connectivity index (χ0n) is 39.2. The fourth-order valence-corrected chi connectivity index (χ4v) is 12.7. The SMILES string of the molecule is c1cc(-c2cccc3cc4ccc5c(-c6cccc7cc8ccc9c(-c%10cccc%11cc%12ccc%13ccccc%13c%12cc%10%11)cccc9c8cc67)cccc5c4cc23)c2cc3c(ccc4ccccc43)cc2c1. The van der Waals surface area contributed by atoms with Crippen LogP contribution in [0.1, 0.15) is 0 Å². The number of hydrogen-bond acceptors (Lipinski definition) is 0. The predicted molar refractivity (Wildman–Crippen MR) is 313 cm³/mol. The van der Waals surface area contributed by atoms with Gasteiger partial charge in [0, 0.05) is 0 Å². The standard InChI is InChI=1S/C72H42/c1-3-17-53-43(11-1)27-29-49-35-45-13-5-19-57(67(45)39-65(49)53)55-23-9-25-61-63(55)33-31-51-37-47-14-6-20-58(69(47)41-71(51)61)56-24-10-26-62-64(56)34-32-52-38-48-16-8-22-60(70(48)42-72(52)62)59-21-7-15-46-36-50-30-28-44-12-2-4-18-54(44)66(50)40-68(46)59/h1-42H. The molecule has 0 spiro atoms. The smallest absolute Gasteiger partial charge is 0.00986 e. The van der Waals surface area contributed by atoms with Crippen molar-refractivity contribution in [3.8, 4) is 33.4 Å². The summed E-state index contributed by atoms with van der Waals surface area (Å²) in [5.41, 5.74) is 7.53. The molecule has 0 radical (unpaired) electrons. The number of benzene rings is 16. The Kier molecular flexibility index (Phi) is 8.26. The van der Waals surface area contributed by atoms with Crippen LogP contribution in [0.15, 0.2) is 255 Å². The molecule has 0 aliphatic carbocycles. The average Bonchev–Trinajstić information content (AvgIpc) is 3.44. The van der Waals surface area contributed by atoms with Crippen molar-refractivity contribution < 1.29 is 0 Å². The van der Waals surface area contributed by atoms with E-state index in [-0.39, 0.29) is 0 Å². The zero-order chi connectivity index (χ0) is 47.0. The van der Waals surface area contributed by atoms with Gasteiger partial charge in [-0.1, -0.05) is 206 Å². The van der Waals surface area contributed by atoms with Crippen LogP contribution in [-0.4, -0.2) is 0 Å². The van der Waals surface area contributed by atoms with E-state index in [1.165, 1.54) is 163 Å². The normalized spacial score (nSPS) is 12.2. The van der Waals surface area contributed by atoms with Crippen molar-refractivity contribution in [2.45, 2.75) is 0 Å². The summed E-state index contributed by atoms with van der Waals surface area (Å²) < 4.78 is 0. The Hall–Kier alpha value is -9.36. The lowest BCUT2D eigenvalue weighted by Gasteiger charge is -2.16. The van der Waals surface area contributed by atoms with E-state index < -0.39 is 0 Å². The fourth-order valence-electron chi connectivity index (χ4n) is 12.7. The largest absolute Gasteiger partial charge is 0.0616 e. The van der Waals surface area contributed by atoms with Crippen molar-refractivity contribution in [3.63, 3.8) is 0 Å². The molecule has 0 heteroatoms. The van der Waals surface area contributed by atoms with Crippen LogP contribution in [0, 0.1) is 0 Å². The van der Waals surface area contributed by atoms with Crippen LogP contribution >= 0.6 is 0 Å². The first kappa shape index (κ1) is 39.5. The molecule has 0 atom stereocenters. The van der Waals surface area contributed by atoms with Gasteiger partial charge in [0.2, 0.25) is 0 Å². The van der Waals surface area contributed by atoms with Crippen LogP contribution in [0.5, 0.6) is 0 Å². The molecular formula is C72H42. The summed E-state index contributed by atoms with van der Waals surface area (Å²) in [6, 6.07) is 96.1. The number of rotatable bonds is 3. The summed E-state index contributed by atoms with van der Waals surface area (Å²) in [6.07, 6.45) is 0. The van der Waals surface area contributed by atoms with Gasteiger partial charge in [0.05, 0.1) is 0 Å². The zero-order valence-corrected chi connectivity index (χ0v) is 39.2. The van der Waals surface area contributed by atoms with Crippen molar-refractivity contribution in [2.24, 2.45) is 0 Å². The molecule has 16 rings (SSSR count). The second kappa shape index (κ2) is 15.1. The van der Waals surface area contributed by atoms with Crippen LogP contribution in [0.25, 0.3) is 163 Å². The summed E-state index contributed by atoms with van der Waals surface area (Å²) >= 11 is 0. The molecule has 0 N–H and O–H groups in total. The Morgan fingerprint density at radius 1 is 0.111 bits per heavy atom. The molecular weight excluding hydrogens is 865 g/mol. The van der Waals surface area contributed by atoms with Gasteiger partial charge in [-0.25, -0.2) is 0 Å². The predicted octanol–water partition coefficient (Wildman–Crippen LogP) is 20.5. The topological polar surface area (TPSA) is 0 Å². The van der Waals surface area contributed by atoms with Gasteiger partial charge in [-0.3, -0.25) is 0 Å². The van der Waals surface area contributed by atoms with Gasteiger partial charge in [-0.05, 0) is 211 Å². The van der Waals surface area contributed by atoms with Crippen LogP contribution < -0.4 is 0 Å². The molecule has 0 amide bonds. The van der Waals surface area contributed by atoms with Gasteiger partial charge >= 0.3 is 0 Å². The van der Waals surface area contributed by atoms with Crippen LogP contribution in [0.3, 0.4) is 0 Å². The highest BCUT2D eigenvalue weighted by molar-refractivity contribution is 6.23. The van der Waals surface area contributed by atoms with E-state index in [9.17, 15) is 0 Å². The van der Waals surface area contributed by atoms with Crippen molar-refractivity contribution in [3.05, 3.63) is 255 Å². The molecule has 72 heavy (non-hydrogen) atoms. The number of hydrogen-bond donors (Lipinski definition) is 0. The minimum atomic E-state index is 1.24. The molecule has 0 unspecified atom stereocenters. The van der Waals surface area contributed by atoms with E-state index in [2.05, 4.69) is 255 Å². The first-order chi connectivity index (χ1) is 35.7. The van der Waals surface area contributed by atoms with Crippen molar-refractivity contribution in [1.82, 2.24) is 0 Å². The quantitative estimate of drug-likeness (QED) is 0.122. The second-order valence-corrected chi connectivity index (χ2v) is 19.9. The molecule has 0 heterocycles. The summed E-state index contributed by atoms with van der Waals surface area (Å²) in [7, 11) is 0. The van der Waals surface area contributed by atoms with E-state index in [0.29, 0.717) is 0 Å². The molecule has 0 saturated heterocycles. The van der Waals surface area contributed by atoms with E-state index in [1.54, 1.807) is 0 Å². The van der Waals surface area contributed by atoms with Crippen LogP contribution in [-0.2, 0) is 0 Å². The molecule has 0 aliphatic heterocycles. The van der Waals surface area contributed by atoms with Gasteiger partial charge in [0.25, 0.3) is 0 Å².